The standard InChI is InChI=1S/C14H19N3S/c1-2-18-9-3-8-16-14-7-4-11-10-12(15)5-6-13(11)17-14/h4-7,10H,2-3,8-9,15H2,1H3,(H,16,17). The molecule has 0 spiro atoms. The maximum absolute atomic E-state index is 5.74. The Balaban J connectivity index is 1.95. The number of rotatable bonds is 6. The zero-order chi connectivity index (χ0) is 12.8. The van der Waals surface area contributed by atoms with Crippen molar-refractivity contribution >= 4 is 34.2 Å². The van der Waals surface area contributed by atoms with Crippen molar-refractivity contribution < 1.29 is 0 Å². The van der Waals surface area contributed by atoms with Gasteiger partial charge in [0.2, 0.25) is 0 Å². The van der Waals surface area contributed by atoms with Gasteiger partial charge in [-0.2, -0.15) is 11.8 Å². The van der Waals surface area contributed by atoms with Crippen LogP contribution in [0.1, 0.15) is 13.3 Å². The molecule has 0 fully saturated rings. The summed E-state index contributed by atoms with van der Waals surface area (Å²) in [6.07, 6.45) is 1.17. The minimum absolute atomic E-state index is 0.779. The number of nitrogens with two attached hydrogens (primary N) is 1. The van der Waals surface area contributed by atoms with E-state index in [1.165, 1.54) is 17.9 Å². The molecule has 4 heteroatoms. The van der Waals surface area contributed by atoms with Crippen LogP contribution in [0.2, 0.25) is 0 Å². The molecule has 0 atom stereocenters. The Morgan fingerprint density at radius 3 is 3.00 bits per heavy atom. The fourth-order valence-corrected chi connectivity index (χ4v) is 2.41. The van der Waals surface area contributed by atoms with E-state index in [1.807, 2.05) is 36.0 Å². The van der Waals surface area contributed by atoms with Crippen molar-refractivity contribution in [2.75, 3.05) is 29.1 Å². The van der Waals surface area contributed by atoms with E-state index in [4.69, 9.17) is 5.73 Å². The Morgan fingerprint density at radius 2 is 2.17 bits per heavy atom. The average Bonchev–Trinajstić information content (AvgIpc) is 2.38. The van der Waals surface area contributed by atoms with Crippen LogP contribution < -0.4 is 11.1 Å². The fraction of sp³-hybridized carbons (Fsp3) is 0.357. The van der Waals surface area contributed by atoms with Crippen molar-refractivity contribution in [2.24, 2.45) is 0 Å². The Labute approximate surface area is 112 Å². The summed E-state index contributed by atoms with van der Waals surface area (Å²) in [5.74, 6) is 3.33. The van der Waals surface area contributed by atoms with Gasteiger partial charge in [0.15, 0.2) is 0 Å². The summed E-state index contributed by atoms with van der Waals surface area (Å²) < 4.78 is 0. The van der Waals surface area contributed by atoms with Crippen molar-refractivity contribution in [3.63, 3.8) is 0 Å². The van der Waals surface area contributed by atoms with Crippen LogP contribution in [0.4, 0.5) is 11.5 Å². The van der Waals surface area contributed by atoms with Crippen LogP contribution in [0.3, 0.4) is 0 Å². The topological polar surface area (TPSA) is 50.9 Å². The lowest BCUT2D eigenvalue weighted by atomic mass is 10.2. The predicted molar refractivity (Wildman–Crippen MR) is 82.3 cm³/mol. The lowest BCUT2D eigenvalue weighted by Gasteiger charge is -2.06. The third kappa shape index (κ3) is 3.53. The number of pyridine rings is 1. The van der Waals surface area contributed by atoms with E-state index in [9.17, 15) is 0 Å². The van der Waals surface area contributed by atoms with Gasteiger partial charge < -0.3 is 11.1 Å². The summed E-state index contributed by atoms with van der Waals surface area (Å²) >= 11 is 1.97. The Hall–Kier alpha value is -1.42. The molecule has 0 aliphatic heterocycles. The lowest BCUT2D eigenvalue weighted by molar-refractivity contribution is 0.983. The molecule has 0 bridgehead atoms. The molecule has 1 heterocycles. The largest absolute Gasteiger partial charge is 0.399 e. The van der Waals surface area contributed by atoms with Gasteiger partial charge in [-0.15, -0.1) is 0 Å². The number of nitrogen functional groups attached to an aromatic ring is 1. The molecule has 1 aromatic carbocycles. The fourth-order valence-electron chi connectivity index (χ4n) is 1.78. The van der Waals surface area contributed by atoms with Crippen molar-refractivity contribution in [3.8, 4) is 0 Å². The minimum atomic E-state index is 0.779. The quantitative estimate of drug-likeness (QED) is 0.618. The predicted octanol–water partition coefficient (Wildman–Crippen LogP) is 3.37. The van der Waals surface area contributed by atoms with Gasteiger partial charge in [0.05, 0.1) is 5.52 Å². The number of fused-ring (bicyclic) bond motifs is 1. The Bertz CT molecular complexity index is 513. The normalized spacial score (nSPS) is 10.7. The van der Waals surface area contributed by atoms with Gasteiger partial charge in [-0.3, -0.25) is 0 Å². The number of nitrogens with zero attached hydrogens (tertiary/aromatic N) is 1. The summed E-state index contributed by atoms with van der Waals surface area (Å²) in [6.45, 7) is 3.16. The van der Waals surface area contributed by atoms with Gasteiger partial charge in [-0.1, -0.05) is 6.92 Å². The van der Waals surface area contributed by atoms with Gasteiger partial charge in [0.25, 0.3) is 0 Å². The minimum Gasteiger partial charge on any atom is -0.399 e. The molecule has 0 saturated heterocycles. The molecule has 0 amide bonds. The van der Waals surface area contributed by atoms with Crippen LogP contribution in [0.25, 0.3) is 10.9 Å². The van der Waals surface area contributed by atoms with Crippen LogP contribution in [-0.4, -0.2) is 23.0 Å². The molecule has 3 nitrogen and oxygen atoms in total. The van der Waals surface area contributed by atoms with E-state index >= 15 is 0 Å². The summed E-state index contributed by atoms with van der Waals surface area (Å²) in [7, 11) is 0. The SMILES string of the molecule is CCSCCCNc1ccc2cc(N)ccc2n1. The van der Waals surface area contributed by atoms with E-state index in [0.29, 0.717) is 0 Å². The number of benzene rings is 1. The molecule has 96 valence electrons. The van der Waals surface area contributed by atoms with Crippen molar-refractivity contribution in [1.29, 1.82) is 0 Å². The maximum Gasteiger partial charge on any atom is 0.126 e. The zero-order valence-corrected chi connectivity index (χ0v) is 11.5. The molecule has 0 unspecified atom stereocenters. The van der Waals surface area contributed by atoms with E-state index < -0.39 is 0 Å². The van der Waals surface area contributed by atoms with Crippen LogP contribution >= 0.6 is 11.8 Å². The van der Waals surface area contributed by atoms with Crippen LogP contribution in [0, 0.1) is 0 Å². The number of anilines is 2. The van der Waals surface area contributed by atoms with Crippen molar-refractivity contribution in [1.82, 2.24) is 4.98 Å². The third-order valence-electron chi connectivity index (χ3n) is 2.69. The van der Waals surface area contributed by atoms with Crippen LogP contribution in [-0.2, 0) is 0 Å². The molecule has 0 saturated carbocycles. The highest BCUT2D eigenvalue weighted by molar-refractivity contribution is 7.99. The molecule has 3 N–H and O–H groups in total. The van der Waals surface area contributed by atoms with E-state index in [2.05, 4.69) is 23.3 Å². The summed E-state index contributed by atoms with van der Waals surface area (Å²) in [4.78, 5) is 4.56. The maximum atomic E-state index is 5.74. The van der Waals surface area contributed by atoms with E-state index in [0.717, 1.165) is 29.0 Å². The smallest absolute Gasteiger partial charge is 0.126 e. The summed E-state index contributed by atoms with van der Waals surface area (Å²) in [6, 6.07) is 9.86. The molecule has 18 heavy (non-hydrogen) atoms. The number of hydrogen-bond donors (Lipinski definition) is 2. The second-order valence-electron chi connectivity index (χ2n) is 4.13. The van der Waals surface area contributed by atoms with Crippen LogP contribution in [0.15, 0.2) is 30.3 Å². The molecule has 2 rings (SSSR count). The van der Waals surface area contributed by atoms with Gasteiger partial charge in [0, 0.05) is 17.6 Å². The van der Waals surface area contributed by atoms with E-state index in [1.54, 1.807) is 0 Å². The highest BCUT2D eigenvalue weighted by atomic mass is 32.2. The first-order chi connectivity index (χ1) is 8.79. The van der Waals surface area contributed by atoms with Gasteiger partial charge in [0.1, 0.15) is 5.82 Å². The Kier molecular flexibility index (Phi) is 4.70. The van der Waals surface area contributed by atoms with Gasteiger partial charge >= 0.3 is 0 Å². The monoisotopic (exact) mass is 261 g/mol. The highest BCUT2D eigenvalue weighted by Crippen LogP contribution is 2.17. The zero-order valence-electron chi connectivity index (χ0n) is 10.6. The first-order valence-electron chi connectivity index (χ1n) is 6.27. The molecule has 0 aliphatic carbocycles. The summed E-state index contributed by atoms with van der Waals surface area (Å²) in [5, 5.41) is 4.44. The van der Waals surface area contributed by atoms with E-state index in [-0.39, 0.29) is 0 Å². The molecular weight excluding hydrogens is 242 g/mol. The third-order valence-corrected chi connectivity index (χ3v) is 3.67. The summed E-state index contributed by atoms with van der Waals surface area (Å²) in [5.41, 5.74) is 7.51. The molecule has 0 aliphatic rings. The molecule has 1 aromatic heterocycles. The van der Waals surface area contributed by atoms with Crippen molar-refractivity contribution in [3.05, 3.63) is 30.3 Å². The lowest BCUT2D eigenvalue weighted by Crippen LogP contribution is -2.04. The second-order valence-corrected chi connectivity index (χ2v) is 5.52. The van der Waals surface area contributed by atoms with Crippen molar-refractivity contribution in [2.45, 2.75) is 13.3 Å². The van der Waals surface area contributed by atoms with Gasteiger partial charge in [-0.05, 0) is 48.3 Å². The molecule has 0 radical (unpaired) electrons. The number of thioether (sulfide) groups is 1. The van der Waals surface area contributed by atoms with Crippen LogP contribution in [0.5, 0.6) is 0 Å². The number of aromatic nitrogens is 1. The Morgan fingerprint density at radius 1 is 1.28 bits per heavy atom. The average molecular weight is 261 g/mol. The second kappa shape index (κ2) is 6.50. The molecular formula is C14H19N3S. The first kappa shape index (κ1) is 13.0. The number of hydrogen-bond acceptors (Lipinski definition) is 4. The highest BCUT2D eigenvalue weighted by Gasteiger charge is 1.98. The first-order valence-corrected chi connectivity index (χ1v) is 7.43. The number of nitrogens with one attached hydrogen (secondary N) is 1. The molecule has 2 aromatic rings. The van der Waals surface area contributed by atoms with Gasteiger partial charge in [-0.25, -0.2) is 4.98 Å².